The Morgan fingerprint density at radius 3 is 2.68 bits per heavy atom. The summed E-state index contributed by atoms with van der Waals surface area (Å²) in [5.41, 5.74) is 6.23. The van der Waals surface area contributed by atoms with Crippen LogP contribution in [0.4, 0.5) is 16.0 Å². The topological polar surface area (TPSA) is 150 Å². The monoisotopic (exact) mass is 519 g/mol. The van der Waals surface area contributed by atoms with E-state index in [-0.39, 0.29) is 43.2 Å². The second kappa shape index (κ2) is 10.7. The number of carbonyl (C=O) groups excluding carboxylic acids is 3. The minimum Gasteiger partial charge on any atom is -0.357 e. The number of unbranched alkanes of at least 4 members (excludes halogenated alkanes) is 1. The fraction of sp³-hybridized carbons (Fsp3) is 0.280. The molecule has 1 amide bonds. The van der Waals surface area contributed by atoms with Gasteiger partial charge in [-0.25, -0.2) is 19.4 Å². The number of hydrogen-bond acceptors (Lipinski definition) is 10. The summed E-state index contributed by atoms with van der Waals surface area (Å²) in [6.07, 6.45) is 8.21. The highest BCUT2D eigenvalue weighted by atomic mass is 19.1. The van der Waals surface area contributed by atoms with E-state index < -0.39 is 17.5 Å². The number of aromatic amines is 1. The van der Waals surface area contributed by atoms with E-state index in [0.717, 1.165) is 6.20 Å². The first-order valence-corrected chi connectivity index (χ1v) is 12.1. The Balaban J connectivity index is 0.00000353. The van der Waals surface area contributed by atoms with Gasteiger partial charge in [-0.3, -0.25) is 14.4 Å². The molecule has 0 atom stereocenters. The maximum atomic E-state index is 14.8. The molecule has 1 saturated heterocycles. The van der Waals surface area contributed by atoms with Gasteiger partial charge in [-0.2, -0.15) is 5.26 Å². The van der Waals surface area contributed by atoms with Gasteiger partial charge in [0.25, 0.3) is 11.7 Å². The molecule has 0 aromatic carbocycles. The number of Topliss-reactive ketones (excluding diaryl/α,β-unsaturated/α-hetero) is 2. The van der Waals surface area contributed by atoms with Crippen molar-refractivity contribution in [2.75, 3.05) is 36.1 Å². The smallest absolute Gasteiger partial charge is 0.295 e. The van der Waals surface area contributed by atoms with Crippen LogP contribution in [0, 0.1) is 17.1 Å². The first-order valence-electron chi connectivity index (χ1n) is 12.1. The number of halogens is 1. The van der Waals surface area contributed by atoms with Crippen LogP contribution < -0.4 is 20.9 Å². The second-order valence-electron chi connectivity index (χ2n) is 8.74. The van der Waals surface area contributed by atoms with Gasteiger partial charge >= 0.3 is 0 Å². The number of anilines is 2. The average molecular weight is 520 g/mol. The van der Waals surface area contributed by atoms with E-state index in [1.165, 1.54) is 16.1 Å². The molecule has 2 aliphatic heterocycles. The second-order valence-corrected chi connectivity index (χ2v) is 8.74. The van der Waals surface area contributed by atoms with E-state index in [1.54, 1.807) is 30.7 Å². The number of pyridine rings is 2. The summed E-state index contributed by atoms with van der Waals surface area (Å²) in [4.78, 5) is 53.6. The molecule has 0 saturated carbocycles. The molecule has 1 fully saturated rings. The summed E-state index contributed by atoms with van der Waals surface area (Å²) in [6, 6.07) is 5.43. The number of hydrazine groups is 2. The minimum absolute atomic E-state index is 0. The molecule has 38 heavy (non-hydrogen) atoms. The molecule has 0 radical (unpaired) electrons. The van der Waals surface area contributed by atoms with Crippen molar-refractivity contribution in [3.8, 4) is 6.07 Å². The molecule has 196 valence electrons. The number of amides is 1. The Bertz CT molecular complexity index is 1480. The average Bonchev–Trinajstić information content (AvgIpc) is 3.64. The van der Waals surface area contributed by atoms with Crippen LogP contribution in [0.25, 0.3) is 10.9 Å². The van der Waals surface area contributed by atoms with Gasteiger partial charge in [0, 0.05) is 65.2 Å². The summed E-state index contributed by atoms with van der Waals surface area (Å²) in [7, 11) is 0. The van der Waals surface area contributed by atoms with Crippen LogP contribution in [0.2, 0.25) is 0 Å². The number of ketones is 2. The van der Waals surface area contributed by atoms with Crippen molar-refractivity contribution in [3.63, 3.8) is 0 Å². The third-order valence-corrected chi connectivity index (χ3v) is 6.45. The molecule has 0 unspecified atom stereocenters. The van der Waals surface area contributed by atoms with E-state index in [2.05, 4.69) is 25.9 Å². The van der Waals surface area contributed by atoms with E-state index in [1.807, 2.05) is 11.0 Å². The lowest BCUT2D eigenvalue weighted by Crippen LogP contribution is -2.51. The van der Waals surface area contributed by atoms with E-state index in [9.17, 15) is 18.8 Å². The largest absolute Gasteiger partial charge is 0.357 e. The van der Waals surface area contributed by atoms with Crippen molar-refractivity contribution >= 4 is 40.0 Å². The van der Waals surface area contributed by atoms with Crippen LogP contribution in [0.5, 0.6) is 0 Å². The number of nitriles is 1. The summed E-state index contributed by atoms with van der Waals surface area (Å²) < 4.78 is 14.8. The number of fused-ring (bicyclic) bond motifs is 1. The molecular weight excluding hydrogens is 493 g/mol. The molecular formula is C25H26FN9O3. The third-order valence-electron chi connectivity index (χ3n) is 6.45. The Morgan fingerprint density at radius 1 is 1.13 bits per heavy atom. The number of nitrogens with one attached hydrogen (secondary N) is 3. The summed E-state index contributed by atoms with van der Waals surface area (Å²) in [5.74, 6) is -1.53. The molecule has 0 aliphatic carbocycles. The number of nitrogens with zero attached hydrogens (tertiary/aromatic N) is 6. The van der Waals surface area contributed by atoms with Crippen LogP contribution in [-0.4, -0.2) is 63.5 Å². The van der Waals surface area contributed by atoms with Crippen molar-refractivity contribution in [3.05, 3.63) is 60.1 Å². The van der Waals surface area contributed by atoms with Crippen LogP contribution in [0.1, 0.15) is 41.4 Å². The zero-order chi connectivity index (χ0) is 26.6. The minimum atomic E-state index is -0.824. The number of H-pyrrole nitrogens is 1. The molecule has 0 bridgehead atoms. The van der Waals surface area contributed by atoms with Crippen molar-refractivity contribution < 1.29 is 20.2 Å². The fourth-order valence-corrected chi connectivity index (χ4v) is 4.55. The highest BCUT2D eigenvalue weighted by Gasteiger charge is 2.31. The van der Waals surface area contributed by atoms with Gasteiger partial charge in [0.1, 0.15) is 5.82 Å². The van der Waals surface area contributed by atoms with E-state index >= 15 is 0 Å². The standard InChI is InChI=1S/C25H24FN9O3.H2/c26-18-15-30-24(35-9-8-31-32-35)21-20(18)17(14-29-21)22(37)25(38)34-12-10-33(11-13-34)23-16(4-3-7-28-23)19(36)5-1-2-6-27;/h3-4,7-9,14-15,29,31-32H,1-2,5,10-13H2;1H. The van der Waals surface area contributed by atoms with E-state index in [0.29, 0.717) is 43.1 Å². The molecule has 3 aromatic heterocycles. The van der Waals surface area contributed by atoms with Crippen LogP contribution >= 0.6 is 0 Å². The van der Waals surface area contributed by atoms with Crippen molar-refractivity contribution in [2.45, 2.75) is 19.3 Å². The van der Waals surface area contributed by atoms with Crippen LogP contribution in [0.15, 0.2) is 43.1 Å². The number of aromatic nitrogens is 3. The predicted octanol–water partition coefficient (Wildman–Crippen LogP) is 2.05. The number of carbonyl (C=O) groups is 3. The van der Waals surface area contributed by atoms with Gasteiger partial charge in [0.15, 0.2) is 17.4 Å². The molecule has 3 N–H and O–H groups in total. The first-order chi connectivity index (χ1) is 18.5. The lowest BCUT2D eigenvalue weighted by Gasteiger charge is -2.35. The van der Waals surface area contributed by atoms with Gasteiger partial charge in [0.2, 0.25) is 0 Å². The zero-order valence-corrected chi connectivity index (χ0v) is 20.3. The number of rotatable bonds is 8. The predicted molar refractivity (Wildman–Crippen MR) is 137 cm³/mol. The highest BCUT2D eigenvalue weighted by molar-refractivity contribution is 6.45. The molecule has 5 heterocycles. The van der Waals surface area contributed by atoms with E-state index in [4.69, 9.17) is 5.26 Å². The molecule has 0 spiro atoms. The van der Waals surface area contributed by atoms with Gasteiger partial charge < -0.3 is 20.2 Å². The van der Waals surface area contributed by atoms with Gasteiger partial charge in [-0.15, -0.1) is 5.53 Å². The quantitative estimate of drug-likeness (QED) is 0.229. The zero-order valence-electron chi connectivity index (χ0n) is 20.3. The first kappa shape index (κ1) is 24.8. The summed E-state index contributed by atoms with van der Waals surface area (Å²) >= 11 is 0. The summed E-state index contributed by atoms with van der Waals surface area (Å²) in [6.45, 7) is 1.19. The lowest BCUT2D eigenvalue weighted by atomic mass is 10.1. The Kier molecular flexibility index (Phi) is 6.96. The highest BCUT2D eigenvalue weighted by Crippen LogP contribution is 2.29. The van der Waals surface area contributed by atoms with Crippen molar-refractivity contribution in [2.24, 2.45) is 0 Å². The lowest BCUT2D eigenvalue weighted by molar-refractivity contribution is -0.126. The molecule has 13 heteroatoms. The Morgan fingerprint density at radius 2 is 1.95 bits per heavy atom. The molecule has 5 rings (SSSR count). The van der Waals surface area contributed by atoms with Crippen LogP contribution in [0.3, 0.4) is 0 Å². The van der Waals surface area contributed by atoms with Gasteiger partial charge in [-0.1, -0.05) is 0 Å². The number of hydrogen-bond donors (Lipinski definition) is 3. The Labute approximate surface area is 218 Å². The molecule has 2 aliphatic rings. The maximum absolute atomic E-state index is 14.8. The van der Waals surface area contributed by atoms with Crippen LogP contribution in [-0.2, 0) is 4.79 Å². The Hall–Kier alpha value is -4.83. The SMILES string of the molecule is N#CCCCC(=O)c1cccnc1N1CCN(C(=O)C(=O)c2c[nH]c3c(N4C=CNN4)ncc(F)c23)CC1.[HH]. The van der Waals surface area contributed by atoms with Crippen molar-refractivity contribution in [1.82, 2.24) is 30.8 Å². The fourth-order valence-electron chi connectivity index (χ4n) is 4.55. The maximum Gasteiger partial charge on any atom is 0.295 e. The third kappa shape index (κ3) is 4.64. The number of piperazine rings is 1. The van der Waals surface area contributed by atoms with Gasteiger partial charge in [-0.05, 0) is 18.6 Å². The van der Waals surface area contributed by atoms with Gasteiger partial charge in [0.05, 0.1) is 34.3 Å². The molecule has 12 nitrogen and oxygen atoms in total. The normalized spacial score (nSPS) is 15.0. The van der Waals surface area contributed by atoms with Crippen molar-refractivity contribution in [1.29, 1.82) is 5.26 Å². The molecule has 3 aromatic rings. The summed E-state index contributed by atoms with van der Waals surface area (Å²) in [5, 5.41) is 10.2.